The second-order valence-corrected chi connectivity index (χ2v) is 8.26. The first kappa shape index (κ1) is 20.9. The number of hydrogen-bond donors (Lipinski definition) is 0. The van der Waals surface area contributed by atoms with Crippen molar-refractivity contribution < 1.29 is 14.2 Å². The molecule has 3 amide bonds. The Kier molecular flexibility index (Phi) is 5.37. The van der Waals surface area contributed by atoms with Crippen LogP contribution in [0.15, 0.2) is 66.3 Å². The fraction of sp³-hybridized carbons (Fsp3) is 0.292. The summed E-state index contributed by atoms with van der Waals surface area (Å²) in [6.45, 7) is 3.82. The summed E-state index contributed by atoms with van der Waals surface area (Å²) >= 11 is 0. The maximum atomic E-state index is 13.4. The Bertz CT molecular complexity index is 1240. The monoisotopic (exact) mass is 444 g/mol. The van der Waals surface area contributed by atoms with Crippen molar-refractivity contribution >= 4 is 29.8 Å². The molecule has 1 aromatic carbocycles. The van der Waals surface area contributed by atoms with E-state index in [0.717, 1.165) is 30.8 Å². The average molecular weight is 445 g/mol. The molecule has 168 valence electrons. The second-order valence-electron chi connectivity index (χ2n) is 8.26. The van der Waals surface area contributed by atoms with Crippen molar-refractivity contribution in [3.63, 3.8) is 0 Å². The van der Waals surface area contributed by atoms with Gasteiger partial charge in [-0.1, -0.05) is 47.5 Å². The predicted molar refractivity (Wildman–Crippen MR) is 123 cm³/mol. The summed E-state index contributed by atoms with van der Waals surface area (Å²) < 4.78 is 6.03. The second kappa shape index (κ2) is 8.50. The Labute approximate surface area is 191 Å². The zero-order valence-electron chi connectivity index (χ0n) is 18.7. The predicted octanol–water partition coefficient (Wildman–Crippen LogP) is 2.56. The van der Waals surface area contributed by atoms with Crippen LogP contribution in [0, 0.1) is 6.92 Å². The molecule has 1 unspecified atom stereocenters. The number of carbonyl (C=O) groups is 2. The maximum absolute atomic E-state index is 13.4. The highest BCUT2D eigenvalue weighted by Crippen LogP contribution is 2.29. The first-order chi connectivity index (χ1) is 16.0. The van der Waals surface area contributed by atoms with Crippen molar-refractivity contribution in [2.45, 2.75) is 32.5 Å². The lowest BCUT2D eigenvalue weighted by Gasteiger charge is -2.32. The third-order valence-electron chi connectivity index (χ3n) is 6.08. The minimum absolute atomic E-state index is 0.209. The number of urea groups is 1. The number of benzene rings is 1. The number of hydrogen-bond acceptors (Lipinski definition) is 4. The van der Waals surface area contributed by atoms with Crippen LogP contribution in [0.2, 0.25) is 0 Å². The number of amidine groups is 1. The lowest BCUT2D eigenvalue weighted by molar-refractivity contribution is -0.677. The van der Waals surface area contributed by atoms with Gasteiger partial charge in [0.15, 0.2) is 0 Å². The van der Waals surface area contributed by atoms with Gasteiger partial charge >= 0.3 is 12.0 Å². The van der Waals surface area contributed by atoms with E-state index in [1.807, 2.05) is 70.9 Å². The number of carbonyl (C=O) groups excluding carboxylic acids is 2. The molecule has 1 fully saturated rings. The average Bonchev–Trinajstić information content (AvgIpc) is 3.53. The Morgan fingerprint density at radius 3 is 2.73 bits per heavy atom. The summed E-state index contributed by atoms with van der Waals surface area (Å²) in [5.41, 5.74) is 2.05. The van der Waals surface area contributed by atoms with Crippen molar-refractivity contribution in [2.24, 2.45) is 4.99 Å². The Balaban J connectivity index is 1.36. The lowest BCUT2D eigenvalue weighted by atomic mass is 10.1. The topological polar surface area (TPSA) is 79.6 Å². The fourth-order valence-electron chi connectivity index (χ4n) is 4.36. The summed E-state index contributed by atoms with van der Waals surface area (Å²) in [5, 5.41) is 0. The molecular weight excluding hydrogens is 418 g/mol. The molecule has 0 N–H and O–H groups in total. The normalized spacial score (nSPS) is 17.6. The minimum Gasteiger partial charge on any atom is -0.337 e. The fourth-order valence-corrected chi connectivity index (χ4v) is 4.36. The van der Waals surface area contributed by atoms with Crippen LogP contribution >= 0.6 is 0 Å². The number of likely N-dealkylation sites (N-methyl/N-ethyl adjacent to an activating group) is 1. The van der Waals surface area contributed by atoms with Gasteiger partial charge in [0.25, 0.3) is 5.91 Å². The van der Waals surface area contributed by atoms with Gasteiger partial charge in [-0.3, -0.25) is 14.6 Å². The highest BCUT2D eigenvalue weighted by atomic mass is 16.2. The van der Waals surface area contributed by atoms with Gasteiger partial charge in [0, 0.05) is 32.5 Å². The van der Waals surface area contributed by atoms with Crippen molar-refractivity contribution in [3.8, 4) is 0 Å². The van der Waals surface area contributed by atoms with Gasteiger partial charge in [-0.2, -0.15) is 0 Å². The van der Waals surface area contributed by atoms with Gasteiger partial charge in [0.05, 0.1) is 12.9 Å². The van der Waals surface area contributed by atoms with Crippen LogP contribution in [-0.2, 0) is 17.9 Å². The molecule has 0 bridgehead atoms. The van der Waals surface area contributed by atoms with Gasteiger partial charge in [-0.05, 0) is 18.9 Å². The largest absolute Gasteiger partial charge is 0.401 e. The summed E-state index contributed by atoms with van der Waals surface area (Å²) in [4.78, 5) is 37.9. The van der Waals surface area contributed by atoms with Gasteiger partial charge in [0.2, 0.25) is 11.9 Å². The van der Waals surface area contributed by atoms with Gasteiger partial charge in [-0.15, -0.1) is 0 Å². The van der Waals surface area contributed by atoms with E-state index in [4.69, 9.17) is 4.99 Å². The van der Waals surface area contributed by atoms with Gasteiger partial charge < -0.3 is 4.57 Å². The van der Waals surface area contributed by atoms with E-state index >= 15 is 0 Å². The van der Waals surface area contributed by atoms with E-state index in [9.17, 15) is 9.59 Å². The van der Waals surface area contributed by atoms with Crippen molar-refractivity contribution in [1.29, 1.82) is 0 Å². The molecule has 2 aromatic heterocycles. The lowest BCUT2D eigenvalue weighted by Crippen LogP contribution is -2.62. The van der Waals surface area contributed by atoms with Gasteiger partial charge in [-0.25, -0.2) is 18.9 Å². The summed E-state index contributed by atoms with van der Waals surface area (Å²) in [6.07, 6.45) is 12.1. The van der Waals surface area contributed by atoms with E-state index in [-0.39, 0.29) is 18.5 Å². The smallest absolute Gasteiger partial charge is 0.337 e. The molecule has 0 radical (unpaired) electrons. The van der Waals surface area contributed by atoms with Crippen LogP contribution in [-0.4, -0.2) is 55.3 Å². The van der Waals surface area contributed by atoms with Crippen LogP contribution in [0.5, 0.6) is 0 Å². The molecule has 9 heteroatoms. The van der Waals surface area contributed by atoms with Gasteiger partial charge in [0.1, 0.15) is 11.9 Å². The summed E-state index contributed by atoms with van der Waals surface area (Å²) in [6, 6.07) is 8.82. The molecule has 0 spiro atoms. The van der Waals surface area contributed by atoms with Crippen LogP contribution < -0.4 is 4.57 Å². The van der Waals surface area contributed by atoms with Crippen molar-refractivity contribution in [3.05, 3.63) is 72.6 Å². The van der Waals surface area contributed by atoms with E-state index < -0.39 is 6.04 Å². The highest BCUT2D eigenvalue weighted by molar-refractivity contribution is 6.19. The van der Waals surface area contributed by atoms with Crippen molar-refractivity contribution in [2.75, 3.05) is 13.6 Å². The first-order valence-electron chi connectivity index (χ1n) is 11.0. The van der Waals surface area contributed by atoms with Crippen molar-refractivity contribution in [1.82, 2.24) is 23.9 Å². The molecule has 1 saturated heterocycles. The molecule has 33 heavy (non-hydrogen) atoms. The number of nitrogens with zero attached hydrogens (tertiary/aromatic N) is 7. The minimum atomic E-state index is -0.624. The molecule has 0 aliphatic carbocycles. The Morgan fingerprint density at radius 1 is 1.15 bits per heavy atom. The first-order valence-corrected chi connectivity index (χ1v) is 11.0. The third kappa shape index (κ3) is 3.75. The van der Waals surface area contributed by atoms with Crippen LogP contribution in [0.3, 0.4) is 0 Å². The van der Waals surface area contributed by atoms with Crippen LogP contribution in [0.1, 0.15) is 23.7 Å². The number of aromatic nitrogens is 4. The molecule has 0 saturated carbocycles. The molecule has 4 heterocycles. The zero-order valence-corrected chi connectivity index (χ0v) is 18.7. The quantitative estimate of drug-likeness (QED) is 0.526. The number of amides is 3. The number of fused-ring (bicyclic) bond motifs is 3. The Hall–Kier alpha value is -4.01. The van der Waals surface area contributed by atoms with E-state index in [1.165, 1.54) is 9.80 Å². The maximum Gasteiger partial charge on any atom is 0.401 e. The van der Waals surface area contributed by atoms with E-state index in [1.54, 1.807) is 19.6 Å². The number of imide groups is 1. The third-order valence-corrected chi connectivity index (χ3v) is 6.08. The zero-order chi connectivity index (χ0) is 22.9. The molecule has 9 nitrogen and oxygen atoms in total. The van der Waals surface area contributed by atoms with Crippen LogP contribution in [0.25, 0.3) is 6.08 Å². The summed E-state index contributed by atoms with van der Waals surface area (Å²) in [7, 11) is 1.68. The van der Waals surface area contributed by atoms with E-state index in [2.05, 4.69) is 9.55 Å². The molecule has 3 aromatic rings. The summed E-state index contributed by atoms with van der Waals surface area (Å²) in [5.74, 6) is 0.924. The number of rotatable bonds is 7. The standard InChI is InChI=1S/C24H26N7O2/c1-18-16-31-20-21(26-23(31)29(18)14-7-12-28-15-11-25-17-28)27(2)24(33)30(22(20)32)13-6-10-19-8-4-3-5-9-19/h3-6,8-11,15-17,20H,7,12-14H2,1-2H3/q+1/b10-6+. The number of aliphatic imine (C=N–C) groups is 1. The molecule has 2 aliphatic heterocycles. The number of aryl methyl sites for hydroxylation is 2. The molecular formula is C24H26N7O2+. The molecule has 5 rings (SSSR count). The van der Waals surface area contributed by atoms with E-state index in [0.29, 0.717) is 11.8 Å². The number of imidazole rings is 2. The molecule has 2 aliphatic rings. The van der Waals surface area contributed by atoms with Crippen LogP contribution in [0.4, 0.5) is 10.7 Å². The SMILES string of the molecule is Cc1c[n+]2c(n1CCCn1ccnc1)N=C1C2C(=O)N(C/C=C/c2ccccc2)C(=O)N1C. The molecule has 1 atom stereocenters. The Morgan fingerprint density at radius 2 is 1.97 bits per heavy atom. The highest BCUT2D eigenvalue weighted by Gasteiger charge is 2.52.